The van der Waals surface area contributed by atoms with Gasteiger partial charge in [0, 0.05) is 24.1 Å². The lowest BCUT2D eigenvalue weighted by Crippen LogP contribution is -2.56. The average molecular weight is 519 g/mol. The second-order valence-corrected chi connectivity index (χ2v) is 10.8. The molecule has 4 amide bonds. The maximum atomic E-state index is 14.0. The second kappa shape index (κ2) is 13.3. The molecule has 0 bridgehead atoms. The lowest BCUT2D eigenvalue weighted by Gasteiger charge is -2.38. The summed E-state index contributed by atoms with van der Waals surface area (Å²) >= 11 is 0. The van der Waals surface area contributed by atoms with E-state index in [1.165, 1.54) is 11.0 Å². The fraction of sp³-hybridized carbons (Fsp3) is 0.630. The van der Waals surface area contributed by atoms with Crippen LogP contribution in [0.25, 0.3) is 0 Å². The highest BCUT2D eigenvalue weighted by Crippen LogP contribution is 2.32. The number of carbonyl (C=O) groups is 4. The van der Waals surface area contributed by atoms with Gasteiger partial charge in [-0.05, 0) is 59.9 Å². The lowest BCUT2D eigenvalue weighted by molar-refractivity contribution is -0.145. The predicted molar refractivity (Wildman–Crippen MR) is 139 cm³/mol. The van der Waals surface area contributed by atoms with Crippen LogP contribution < -0.4 is 16.4 Å². The normalized spacial score (nSPS) is 15.9. The number of nitrogens with one attached hydrogen (secondary N) is 2. The molecule has 5 N–H and O–H groups in total. The van der Waals surface area contributed by atoms with Gasteiger partial charge in [-0.3, -0.25) is 14.4 Å². The van der Waals surface area contributed by atoms with Gasteiger partial charge in [0.25, 0.3) is 0 Å². The van der Waals surface area contributed by atoms with Crippen LogP contribution in [0.5, 0.6) is 5.75 Å². The molecule has 2 unspecified atom stereocenters. The molecule has 1 aromatic rings. The average Bonchev–Trinajstić information content (AvgIpc) is 2.79. The molecule has 0 saturated heterocycles. The maximum Gasteiger partial charge on any atom is 0.408 e. The first kappa shape index (κ1) is 29.9. The molecule has 2 rings (SSSR count). The van der Waals surface area contributed by atoms with E-state index in [1.807, 2.05) is 0 Å². The molecular formula is C27H42N4O6. The Morgan fingerprint density at radius 1 is 1.11 bits per heavy atom. The molecule has 10 nitrogen and oxygen atoms in total. The zero-order valence-corrected chi connectivity index (χ0v) is 22.6. The van der Waals surface area contributed by atoms with Crippen molar-refractivity contribution in [3.8, 4) is 5.75 Å². The smallest absolute Gasteiger partial charge is 0.408 e. The summed E-state index contributed by atoms with van der Waals surface area (Å²) in [5, 5.41) is 16.3. The van der Waals surface area contributed by atoms with Gasteiger partial charge >= 0.3 is 6.09 Å². The van der Waals surface area contributed by atoms with E-state index in [0.717, 1.165) is 32.1 Å². The topological polar surface area (TPSA) is 151 Å². The van der Waals surface area contributed by atoms with Crippen LogP contribution in [0.1, 0.15) is 91.2 Å². The van der Waals surface area contributed by atoms with Crippen LogP contribution in [0.2, 0.25) is 0 Å². The Bertz CT molecular complexity index is 952. The third kappa shape index (κ3) is 9.26. The Morgan fingerprint density at radius 3 is 2.27 bits per heavy atom. The van der Waals surface area contributed by atoms with Crippen LogP contribution in [0, 0.1) is 0 Å². The van der Waals surface area contributed by atoms with E-state index < -0.39 is 47.5 Å². The van der Waals surface area contributed by atoms with Crippen molar-refractivity contribution in [3.05, 3.63) is 29.8 Å². The molecular weight excluding hydrogens is 476 g/mol. The largest absolute Gasteiger partial charge is 0.508 e. The number of nitrogens with two attached hydrogens (primary N) is 1. The van der Waals surface area contributed by atoms with E-state index >= 15 is 0 Å². The minimum atomic E-state index is -1.18. The molecule has 37 heavy (non-hydrogen) atoms. The van der Waals surface area contributed by atoms with Crippen LogP contribution in [0.15, 0.2) is 24.3 Å². The number of aromatic hydroxyl groups is 1. The van der Waals surface area contributed by atoms with E-state index in [9.17, 15) is 24.3 Å². The molecule has 1 aliphatic carbocycles. The Balaban J connectivity index is 2.45. The predicted octanol–water partition coefficient (Wildman–Crippen LogP) is 3.28. The number of benzene rings is 1. The van der Waals surface area contributed by atoms with E-state index in [-0.39, 0.29) is 30.2 Å². The van der Waals surface area contributed by atoms with Crippen molar-refractivity contribution >= 4 is 23.8 Å². The number of hydrogen-bond donors (Lipinski definition) is 4. The first-order chi connectivity index (χ1) is 17.3. The first-order valence-electron chi connectivity index (χ1n) is 13.0. The molecule has 0 radical (unpaired) electrons. The fourth-order valence-corrected chi connectivity index (χ4v) is 4.52. The quantitative estimate of drug-likeness (QED) is 0.373. The van der Waals surface area contributed by atoms with Gasteiger partial charge in [0.05, 0.1) is 0 Å². The fourth-order valence-electron chi connectivity index (χ4n) is 4.52. The number of rotatable bonds is 10. The summed E-state index contributed by atoms with van der Waals surface area (Å²) < 4.78 is 5.32. The van der Waals surface area contributed by atoms with E-state index in [2.05, 4.69) is 10.6 Å². The molecule has 1 fully saturated rings. The van der Waals surface area contributed by atoms with Crippen LogP contribution in [-0.2, 0) is 19.1 Å². The van der Waals surface area contributed by atoms with Gasteiger partial charge in [-0.2, -0.15) is 0 Å². The second-order valence-electron chi connectivity index (χ2n) is 10.8. The summed E-state index contributed by atoms with van der Waals surface area (Å²) in [6.45, 7) is 8.57. The van der Waals surface area contributed by atoms with Crippen molar-refractivity contribution in [1.82, 2.24) is 15.5 Å². The van der Waals surface area contributed by atoms with Crippen molar-refractivity contribution in [2.45, 2.75) is 109 Å². The number of hydrogen-bond acceptors (Lipinski definition) is 6. The highest BCUT2D eigenvalue weighted by Gasteiger charge is 2.39. The summed E-state index contributed by atoms with van der Waals surface area (Å²) in [6.07, 6.45) is 3.75. The summed E-state index contributed by atoms with van der Waals surface area (Å²) in [6, 6.07) is 3.52. The number of primary amides is 1. The molecule has 1 aromatic carbocycles. The summed E-state index contributed by atoms with van der Waals surface area (Å²) in [4.78, 5) is 53.1. The van der Waals surface area contributed by atoms with Crippen LogP contribution in [0.3, 0.4) is 0 Å². The van der Waals surface area contributed by atoms with Gasteiger partial charge < -0.3 is 31.1 Å². The molecule has 1 saturated carbocycles. The maximum absolute atomic E-state index is 14.0. The van der Waals surface area contributed by atoms with Gasteiger partial charge in [-0.15, -0.1) is 0 Å². The van der Waals surface area contributed by atoms with Crippen molar-refractivity contribution in [3.63, 3.8) is 0 Å². The number of alkyl carbamates (subject to hydrolysis) is 1. The zero-order chi connectivity index (χ0) is 27.8. The summed E-state index contributed by atoms with van der Waals surface area (Å²) in [5.41, 5.74) is 4.79. The minimum absolute atomic E-state index is 0.0238. The number of carbonyl (C=O) groups excluding carboxylic acids is 4. The third-order valence-corrected chi connectivity index (χ3v) is 6.19. The third-order valence-electron chi connectivity index (χ3n) is 6.19. The number of phenols is 1. The van der Waals surface area contributed by atoms with Crippen molar-refractivity contribution in [1.29, 1.82) is 0 Å². The number of ether oxygens (including phenoxy) is 1. The SMILES string of the molecule is CC(C)N(C(=O)C(CCC(N)=O)NC(=O)OC(C)(C)C)C(C(=O)NC1CCCCC1)c1ccccc1O. The van der Waals surface area contributed by atoms with E-state index in [4.69, 9.17) is 10.5 Å². The Labute approximate surface area is 219 Å². The highest BCUT2D eigenvalue weighted by molar-refractivity contribution is 5.93. The van der Waals surface area contributed by atoms with Gasteiger partial charge in [0.15, 0.2) is 0 Å². The number of phenolic OH excluding ortho intramolecular Hbond substituents is 1. The molecule has 206 valence electrons. The highest BCUT2D eigenvalue weighted by atomic mass is 16.6. The van der Waals surface area contributed by atoms with E-state index in [0.29, 0.717) is 0 Å². The van der Waals surface area contributed by atoms with Crippen molar-refractivity contribution < 1.29 is 29.0 Å². The van der Waals surface area contributed by atoms with Gasteiger partial charge in [-0.1, -0.05) is 37.5 Å². The minimum Gasteiger partial charge on any atom is -0.508 e. The molecule has 1 aliphatic rings. The Morgan fingerprint density at radius 2 is 1.73 bits per heavy atom. The van der Waals surface area contributed by atoms with Crippen LogP contribution in [0.4, 0.5) is 4.79 Å². The molecule has 0 aromatic heterocycles. The van der Waals surface area contributed by atoms with Gasteiger partial charge in [0.2, 0.25) is 17.7 Å². The summed E-state index contributed by atoms with van der Waals surface area (Å²) in [5.74, 6) is -1.76. The summed E-state index contributed by atoms with van der Waals surface area (Å²) in [7, 11) is 0. The van der Waals surface area contributed by atoms with Crippen LogP contribution in [-0.4, -0.2) is 57.5 Å². The van der Waals surface area contributed by atoms with Gasteiger partial charge in [0.1, 0.15) is 23.4 Å². The Kier molecular flexibility index (Phi) is 10.8. The van der Waals surface area contributed by atoms with Crippen molar-refractivity contribution in [2.24, 2.45) is 5.73 Å². The Hall–Kier alpha value is -3.30. The zero-order valence-electron chi connectivity index (χ0n) is 22.6. The number of para-hydroxylation sites is 1. The number of nitrogens with zero attached hydrogens (tertiary/aromatic N) is 1. The molecule has 0 aliphatic heterocycles. The molecule has 0 heterocycles. The van der Waals surface area contributed by atoms with Crippen molar-refractivity contribution in [2.75, 3.05) is 0 Å². The standard InChI is InChI=1S/C27H42N4O6/c1-17(2)31(25(35)20(15-16-22(28)33)30-26(36)37-27(3,4)5)23(19-13-9-10-14-21(19)32)24(34)29-18-11-7-6-8-12-18/h9-10,13-14,17-18,20,23,32H,6-8,11-12,15-16H2,1-5H3,(H2,28,33)(H,29,34)(H,30,36). The molecule has 2 atom stereocenters. The van der Waals surface area contributed by atoms with E-state index in [1.54, 1.807) is 52.8 Å². The van der Waals surface area contributed by atoms with Crippen LogP contribution >= 0.6 is 0 Å². The molecule has 10 heteroatoms. The van der Waals surface area contributed by atoms with Gasteiger partial charge in [-0.25, -0.2) is 4.79 Å². The monoisotopic (exact) mass is 518 g/mol. The first-order valence-corrected chi connectivity index (χ1v) is 13.0. The number of amides is 4. The lowest BCUT2D eigenvalue weighted by atomic mass is 9.94. The molecule has 0 spiro atoms.